The first-order chi connectivity index (χ1) is 9.88. The molecular weight excluding hydrogens is 356 g/mol. The Morgan fingerprint density at radius 3 is 2.48 bits per heavy atom. The molecule has 0 aliphatic carbocycles. The summed E-state index contributed by atoms with van der Waals surface area (Å²) in [5.74, 6) is -0.866. The van der Waals surface area contributed by atoms with Crippen LogP contribution < -0.4 is 11.1 Å². The normalized spacial score (nSPS) is 10.2. The molecule has 0 fully saturated rings. The molecule has 0 aromatic heterocycles. The van der Waals surface area contributed by atoms with Gasteiger partial charge < -0.3 is 11.1 Å². The van der Waals surface area contributed by atoms with Crippen molar-refractivity contribution in [1.82, 2.24) is 0 Å². The summed E-state index contributed by atoms with van der Waals surface area (Å²) < 4.78 is 0.938. The molecule has 0 saturated carbocycles. The summed E-state index contributed by atoms with van der Waals surface area (Å²) in [7, 11) is 0. The fourth-order valence-electron chi connectivity index (χ4n) is 1.78. The number of aryl methyl sites for hydroxylation is 1. The molecule has 0 aliphatic heterocycles. The fraction of sp³-hybridized carbons (Fsp3) is 0.0667. The largest absolute Gasteiger partial charge is 0.366 e. The summed E-state index contributed by atoms with van der Waals surface area (Å²) in [6.07, 6.45) is 0. The summed E-state index contributed by atoms with van der Waals surface area (Å²) in [6.45, 7) is 1.90. The third-order valence-electron chi connectivity index (χ3n) is 2.91. The minimum absolute atomic E-state index is 0.201. The van der Waals surface area contributed by atoms with Gasteiger partial charge in [0.05, 0.1) is 10.6 Å². The maximum absolute atomic E-state index is 12.1. The van der Waals surface area contributed by atoms with E-state index in [0.717, 1.165) is 10.0 Å². The van der Waals surface area contributed by atoms with Crippen molar-refractivity contribution in [2.45, 2.75) is 6.92 Å². The van der Waals surface area contributed by atoms with Gasteiger partial charge in [-0.3, -0.25) is 9.59 Å². The average molecular weight is 368 g/mol. The van der Waals surface area contributed by atoms with Crippen molar-refractivity contribution < 1.29 is 9.59 Å². The van der Waals surface area contributed by atoms with Gasteiger partial charge in [0.25, 0.3) is 5.91 Å². The summed E-state index contributed by atoms with van der Waals surface area (Å²) in [5.41, 5.74) is 7.38. The van der Waals surface area contributed by atoms with Crippen LogP contribution in [0.4, 0.5) is 5.69 Å². The number of rotatable bonds is 3. The first kappa shape index (κ1) is 15.5. The molecule has 6 heteroatoms. The van der Waals surface area contributed by atoms with E-state index < -0.39 is 5.91 Å². The zero-order valence-electron chi connectivity index (χ0n) is 11.1. The highest BCUT2D eigenvalue weighted by Gasteiger charge is 2.10. The van der Waals surface area contributed by atoms with Gasteiger partial charge >= 0.3 is 0 Å². The quantitative estimate of drug-likeness (QED) is 0.867. The van der Waals surface area contributed by atoms with Crippen LogP contribution in [-0.2, 0) is 0 Å². The van der Waals surface area contributed by atoms with E-state index in [9.17, 15) is 9.59 Å². The Kier molecular flexibility index (Phi) is 4.65. The molecule has 0 aliphatic rings. The van der Waals surface area contributed by atoms with E-state index in [2.05, 4.69) is 21.2 Å². The highest BCUT2D eigenvalue weighted by molar-refractivity contribution is 9.10. The second kappa shape index (κ2) is 6.28. The van der Waals surface area contributed by atoms with Gasteiger partial charge in [-0.2, -0.15) is 0 Å². The van der Waals surface area contributed by atoms with E-state index in [0.29, 0.717) is 11.3 Å². The maximum Gasteiger partial charge on any atom is 0.255 e. The Morgan fingerprint density at radius 2 is 1.90 bits per heavy atom. The third kappa shape index (κ3) is 3.62. The van der Waals surface area contributed by atoms with Gasteiger partial charge in [0.2, 0.25) is 5.91 Å². The minimum Gasteiger partial charge on any atom is -0.366 e. The SMILES string of the molecule is Cc1cc(C(=O)Nc2ccc(C(N)=O)c(Cl)c2)ccc1Br. The van der Waals surface area contributed by atoms with Gasteiger partial charge in [-0.05, 0) is 48.9 Å². The van der Waals surface area contributed by atoms with Crippen LogP contribution in [0.5, 0.6) is 0 Å². The predicted molar refractivity (Wildman–Crippen MR) is 86.8 cm³/mol. The Hall–Kier alpha value is -1.85. The highest BCUT2D eigenvalue weighted by atomic mass is 79.9. The number of halogens is 2. The molecule has 108 valence electrons. The Labute approximate surface area is 135 Å². The monoisotopic (exact) mass is 366 g/mol. The molecular formula is C15H12BrClN2O2. The Balaban J connectivity index is 2.21. The van der Waals surface area contributed by atoms with Crippen LogP contribution in [-0.4, -0.2) is 11.8 Å². The van der Waals surface area contributed by atoms with Crippen LogP contribution in [0, 0.1) is 6.92 Å². The molecule has 0 radical (unpaired) electrons. The number of anilines is 1. The number of hydrogen-bond acceptors (Lipinski definition) is 2. The number of nitrogens with one attached hydrogen (secondary N) is 1. The Bertz CT molecular complexity index is 732. The Morgan fingerprint density at radius 1 is 1.19 bits per heavy atom. The van der Waals surface area contributed by atoms with Crippen molar-refractivity contribution in [3.05, 3.63) is 62.6 Å². The number of nitrogens with two attached hydrogens (primary N) is 1. The molecule has 0 bridgehead atoms. The molecule has 2 aromatic rings. The molecule has 2 amide bonds. The van der Waals surface area contributed by atoms with E-state index in [-0.39, 0.29) is 16.5 Å². The highest BCUT2D eigenvalue weighted by Crippen LogP contribution is 2.22. The average Bonchev–Trinajstić information content (AvgIpc) is 2.41. The summed E-state index contributed by atoms with van der Waals surface area (Å²) >= 11 is 9.32. The van der Waals surface area contributed by atoms with Crippen LogP contribution >= 0.6 is 27.5 Å². The summed E-state index contributed by atoms with van der Waals surface area (Å²) in [4.78, 5) is 23.2. The maximum atomic E-state index is 12.1. The van der Waals surface area contributed by atoms with E-state index in [1.807, 2.05) is 13.0 Å². The molecule has 2 aromatic carbocycles. The van der Waals surface area contributed by atoms with Crippen LogP contribution in [0.1, 0.15) is 26.3 Å². The molecule has 2 rings (SSSR count). The molecule has 3 N–H and O–H groups in total. The van der Waals surface area contributed by atoms with Crippen molar-refractivity contribution >= 4 is 45.0 Å². The predicted octanol–water partition coefficient (Wildman–Crippen LogP) is 3.76. The number of primary amides is 1. The van der Waals surface area contributed by atoms with Crippen LogP contribution in [0.3, 0.4) is 0 Å². The number of hydrogen-bond donors (Lipinski definition) is 2. The van der Waals surface area contributed by atoms with E-state index in [1.54, 1.807) is 18.2 Å². The second-order valence-electron chi connectivity index (χ2n) is 4.48. The zero-order valence-corrected chi connectivity index (χ0v) is 13.5. The standard InChI is InChI=1S/C15H12BrClN2O2/c1-8-6-9(2-5-12(8)16)15(21)19-10-3-4-11(14(18)20)13(17)7-10/h2-7H,1H3,(H2,18,20)(H,19,21). The lowest BCUT2D eigenvalue weighted by molar-refractivity contribution is 0.0998. The lowest BCUT2D eigenvalue weighted by Gasteiger charge is -2.08. The molecule has 21 heavy (non-hydrogen) atoms. The third-order valence-corrected chi connectivity index (χ3v) is 4.12. The first-order valence-electron chi connectivity index (χ1n) is 6.05. The first-order valence-corrected chi connectivity index (χ1v) is 7.22. The minimum atomic E-state index is -0.610. The smallest absolute Gasteiger partial charge is 0.255 e. The van der Waals surface area contributed by atoms with Crippen LogP contribution in [0.2, 0.25) is 5.02 Å². The number of carbonyl (C=O) groups excluding carboxylic acids is 2. The number of amides is 2. The molecule has 0 spiro atoms. The van der Waals surface area contributed by atoms with E-state index in [4.69, 9.17) is 17.3 Å². The van der Waals surface area contributed by atoms with Crippen molar-refractivity contribution in [3.8, 4) is 0 Å². The van der Waals surface area contributed by atoms with Crippen molar-refractivity contribution in [1.29, 1.82) is 0 Å². The molecule has 0 unspecified atom stereocenters. The molecule has 0 saturated heterocycles. The van der Waals surface area contributed by atoms with Gasteiger partial charge in [-0.1, -0.05) is 27.5 Å². The van der Waals surface area contributed by atoms with Gasteiger partial charge in [-0.15, -0.1) is 0 Å². The van der Waals surface area contributed by atoms with Gasteiger partial charge in [0, 0.05) is 15.7 Å². The zero-order chi connectivity index (χ0) is 15.6. The summed E-state index contributed by atoms with van der Waals surface area (Å²) in [6, 6.07) is 9.85. The number of benzene rings is 2. The number of carbonyl (C=O) groups is 2. The van der Waals surface area contributed by atoms with E-state index >= 15 is 0 Å². The van der Waals surface area contributed by atoms with Gasteiger partial charge in [0.15, 0.2) is 0 Å². The second-order valence-corrected chi connectivity index (χ2v) is 5.74. The van der Waals surface area contributed by atoms with Gasteiger partial charge in [0.1, 0.15) is 0 Å². The summed E-state index contributed by atoms with van der Waals surface area (Å²) in [5, 5.41) is 2.92. The van der Waals surface area contributed by atoms with Crippen LogP contribution in [0.25, 0.3) is 0 Å². The topological polar surface area (TPSA) is 72.2 Å². The van der Waals surface area contributed by atoms with Crippen LogP contribution in [0.15, 0.2) is 40.9 Å². The molecule has 0 heterocycles. The van der Waals surface area contributed by atoms with Crippen molar-refractivity contribution in [2.75, 3.05) is 5.32 Å². The van der Waals surface area contributed by atoms with Crippen molar-refractivity contribution in [2.24, 2.45) is 5.73 Å². The fourth-order valence-corrected chi connectivity index (χ4v) is 2.30. The van der Waals surface area contributed by atoms with Crippen molar-refractivity contribution in [3.63, 3.8) is 0 Å². The van der Waals surface area contributed by atoms with Gasteiger partial charge in [-0.25, -0.2) is 0 Å². The molecule has 4 nitrogen and oxygen atoms in total. The lowest BCUT2D eigenvalue weighted by atomic mass is 10.1. The van der Waals surface area contributed by atoms with E-state index in [1.165, 1.54) is 12.1 Å². The lowest BCUT2D eigenvalue weighted by Crippen LogP contribution is -2.14. The molecule has 0 atom stereocenters.